The van der Waals surface area contributed by atoms with Crippen molar-refractivity contribution in [3.63, 3.8) is 0 Å². The molecule has 2 aromatic rings. The van der Waals surface area contributed by atoms with Gasteiger partial charge in [-0.3, -0.25) is 4.90 Å². The lowest BCUT2D eigenvalue weighted by atomic mass is 10.1. The summed E-state index contributed by atoms with van der Waals surface area (Å²) in [7, 11) is 0. The minimum Gasteiger partial charge on any atom is -0.441 e. The lowest BCUT2D eigenvalue weighted by Crippen LogP contribution is -2.31. The predicted molar refractivity (Wildman–Crippen MR) is 91.3 cm³/mol. The van der Waals surface area contributed by atoms with Gasteiger partial charge in [0.25, 0.3) is 0 Å². The summed E-state index contributed by atoms with van der Waals surface area (Å²) in [6, 6.07) is 8.21. The number of hydrogen-bond donors (Lipinski definition) is 0. The van der Waals surface area contributed by atoms with Gasteiger partial charge in [0, 0.05) is 25.3 Å². The van der Waals surface area contributed by atoms with Crippen LogP contribution < -0.4 is 0 Å². The number of aromatic nitrogens is 1. The lowest BCUT2D eigenvalue weighted by Gasteiger charge is -2.22. The number of benzene rings is 1. The van der Waals surface area contributed by atoms with Crippen LogP contribution in [0.2, 0.25) is 0 Å². The number of ether oxygens (including phenoxy) is 1. The summed E-state index contributed by atoms with van der Waals surface area (Å²) in [5.41, 5.74) is 3.29. The van der Waals surface area contributed by atoms with Crippen molar-refractivity contribution < 1.29 is 9.15 Å². The summed E-state index contributed by atoms with van der Waals surface area (Å²) < 4.78 is 11.7. The van der Waals surface area contributed by atoms with Crippen molar-refractivity contribution in [2.24, 2.45) is 0 Å². The maximum Gasteiger partial charge on any atom is 0.226 e. The number of likely N-dealkylation sites (N-methyl/N-ethyl adjacent to an activating group) is 1. The molecule has 0 saturated carbocycles. The van der Waals surface area contributed by atoms with Crippen molar-refractivity contribution in [3.05, 3.63) is 41.3 Å². The second kappa shape index (κ2) is 7.28. The van der Waals surface area contributed by atoms with Crippen molar-refractivity contribution in [2.45, 2.75) is 46.3 Å². The van der Waals surface area contributed by atoms with Gasteiger partial charge in [0.15, 0.2) is 0 Å². The third kappa shape index (κ3) is 3.82. The van der Waals surface area contributed by atoms with Crippen LogP contribution in [0.5, 0.6) is 0 Å². The van der Waals surface area contributed by atoms with E-state index in [1.807, 2.05) is 19.1 Å². The third-order valence-corrected chi connectivity index (χ3v) is 4.57. The Morgan fingerprint density at radius 1 is 1.26 bits per heavy atom. The van der Waals surface area contributed by atoms with Gasteiger partial charge in [-0.15, -0.1) is 0 Å². The van der Waals surface area contributed by atoms with Gasteiger partial charge in [0.1, 0.15) is 5.76 Å². The molecule has 0 N–H and O–H groups in total. The van der Waals surface area contributed by atoms with E-state index in [9.17, 15) is 0 Å². The number of rotatable bonds is 6. The molecule has 1 atom stereocenters. The number of oxazole rings is 1. The largest absolute Gasteiger partial charge is 0.441 e. The van der Waals surface area contributed by atoms with Gasteiger partial charge in [-0.1, -0.05) is 25.1 Å². The fraction of sp³-hybridized carbons (Fsp3) is 0.526. The molecule has 1 aliphatic rings. The van der Waals surface area contributed by atoms with E-state index in [-0.39, 0.29) is 0 Å². The van der Waals surface area contributed by atoms with E-state index in [1.165, 1.54) is 18.4 Å². The quantitative estimate of drug-likeness (QED) is 0.809. The standard InChI is InChI=1S/C19H26N2O2/c1-4-21(12-16-9-7-11-22-16)13-18-15(3)23-19(20-18)17-10-6-5-8-14(17)2/h5-6,8,10,16H,4,7,9,11-13H2,1-3H3. The second-order valence-corrected chi connectivity index (χ2v) is 6.30. The van der Waals surface area contributed by atoms with Crippen molar-refractivity contribution in [3.8, 4) is 11.5 Å². The summed E-state index contributed by atoms with van der Waals surface area (Å²) in [4.78, 5) is 7.15. The van der Waals surface area contributed by atoms with Crippen LogP contribution in [0.15, 0.2) is 28.7 Å². The van der Waals surface area contributed by atoms with Gasteiger partial charge in [0.05, 0.1) is 11.8 Å². The highest BCUT2D eigenvalue weighted by Gasteiger charge is 2.21. The molecule has 0 radical (unpaired) electrons. The van der Waals surface area contributed by atoms with Gasteiger partial charge in [-0.2, -0.15) is 0 Å². The summed E-state index contributed by atoms with van der Waals surface area (Å²) in [5, 5.41) is 0. The van der Waals surface area contributed by atoms with Crippen LogP contribution in [0.4, 0.5) is 0 Å². The van der Waals surface area contributed by atoms with E-state index >= 15 is 0 Å². The van der Waals surface area contributed by atoms with Crippen LogP contribution >= 0.6 is 0 Å². The molecule has 23 heavy (non-hydrogen) atoms. The molecule has 0 aliphatic carbocycles. The SMILES string of the molecule is CCN(Cc1nc(-c2ccccc2C)oc1C)CC1CCCO1. The molecular formula is C19H26N2O2. The molecule has 0 bridgehead atoms. The van der Waals surface area contributed by atoms with Gasteiger partial charge in [-0.05, 0) is 44.9 Å². The van der Waals surface area contributed by atoms with Crippen molar-refractivity contribution >= 4 is 0 Å². The fourth-order valence-electron chi connectivity index (χ4n) is 3.10. The zero-order valence-electron chi connectivity index (χ0n) is 14.3. The Bertz CT molecular complexity index is 645. The average molecular weight is 314 g/mol. The first-order valence-electron chi connectivity index (χ1n) is 8.53. The Morgan fingerprint density at radius 3 is 2.78 bits per heavy atom. The molecule has 0 spiro atoms. The van der Waals surface area contributed by atoms with E-state index in [1.54, 1.807) is 0 Å². The van der Waals surface area contributed by atoms with Gasteiger partial charge >= 0.3 is 0 Å². The Morgan fingerprint density at radius 2 is 2.09 bits per heavy atom. The predicted octanol–water partition coefficient (Wildman–Crippen LogP) is 3.96. The number of nitrogens with zero attached hydrogens (tertiary/aromatic N) is 2. The smallest absolute Gasteiger partial charge is 0.226 e. The first-order chi connectivity index (χ1) is 11.2. The van der Waals surface area contributed by atoms with Gasteiger partial charge < -0.3 is 9.15 Å². The number of aryl methyl sites for hydroxylation is 2. The molecule has 3 rings (SSSR count). The van der Waals surface area contributed by atoms with E-state index in [0.717, 1.165) is 49.1 Å². The monoisotopic (exact) mass is 314 g/mol. The average Bonchev–Trinajstić information content (AvgIpc) is 3.17. The molecule has 1 saturated heterocycles. The maximum atomic E-state index is 5.93. The summed E-state index contributed by atoms with van der Waals surface area (Å²) >= 11 is 0. The molecule has 0 amide bonds. The van der Waals surface area contributed by atoms with Crippen LogP contribution in [-0.4, -0.2) is 35.7 Å². The highest BCUT2D eigenvalue weighted by molar-refractivity contribution is 5.58. The van der Waals surface area contributed by atoms with Crippen LogP contribution in [0.1, 0.15) is 36.8 Å². The Balaban J connectivity index is 1.73. The minimum absolute atomic E-state index is 0.373. The topological polar surface area (TPSA) is 38.5 Å². The normalized spacial score (nSPS) is 18.0. The first kappa shape index (κ1) is 16.2. The van der Waals surface area contributed by atoms with Crippen LogP contribution in [0.3, 0.4) is 0 Å². The highest BCUT2D eigenvalue weighted by Crippen LogP contribution is 2.25. The molecule has 2 heterocycles. The molecule has 124 valence electrons. The fourth-order valence-corrected chi connectivity index (χ4v) is 3.10. The Hall–Kier alpha value is -1.65. The van der Waals surface area contributed by atoms with Gasteiger partial charge in [0.2, 0.25) is 5.89 Å². The van der Waals surface area contributed by atoms with Crippen molar-refractivity contribution in [1.82, 2.24) is 9.88 Å². The number of hydrogen-bond acceptors (Lipinski definition) is 4. The first-order valence-corrected chi connectivity index (χ1v) is 8.53. The van der Waals surface area contributed by atoms with Crippen LogP contribution in [-0.2, 0) is 11.3 Å². The third-order valence-electron chi connectivity index (χ3n) is 4.57. The second-order valence-electron chi connectivity index (χ2n) is 6.30. The molecule has 4 heteroatoms. The van der Waals surface area contributed by atoms with Crippen molar-refractivity contribution in [1.29, 1.82) is 0 Å². The zero-order valence-corrected chi connectivity index (χ0v) is 14.3. The van der Waals surface area contributed by atoms with E-state index in [2.05, 4.69) is 30.9 Å². The molecule has 1 aromatic heterocycles. The molecule has 1 fully saturated rings. The molecule has 4 nitrogen and oxygen atoms in total. The zero-order chi connectivity index (χ0) is 16.2. The maximum absolute atomic E-state index is 5.93. The molecule has 1 aromatic carbocycles. The molecular weight excluding hydrogens is 288 g/mol. The van der Waals surface area contributed by atoms with E-state index in [4.69, 9.17) is 14.1 Å². The summed E-state index contributed by atoms with van der Waals surface area (Å²) in [6.07, 6.45) is 2.73. The molecule has 1 aliphatic heterocycles. The van der Waals surface area contributed by atoms with Gasteiger partial charge in [-0.25, -0.2) is 4.98 Å². The molecule has 1 unspecified atom stereocenters. The minimum atomic E-state index is 0.373. The van der Waals surface area contributed by atoms with Crippen LogP contribution in [0, 0.1) is 13.8 Å². The van der Waals surface area contributed by atoms with Crippen LogP contribution in [0.25, 0.3) is 11.5 Å². The summed E-state index contributed by atoms with van der Waals surface area (Å²) in [5.74, 6) is 1.64. The Kier molecular flexibility index (Phi) is 5.13. The highest BCUT2D eigenvalue weighted by atomic mass is 16.5. The summed E-state index contributed by atoms with van der Waals surface area (Å²) in [6.45, 7) is 9.97. The van der Waals surface area contributed by atoms with E-state index in [0.29, 0.717) is 6.10 Å². The van der Waals surface area contributed by atoms with Crippen molar-refractivity contribution in [2.75, 3.05) is 19.7 Å². The Labute approximate surface area is 138 Å². The lowest BCUT2D eigenvalue weighted by molar-refractivity contribution is 0.0720. The van der Waals surface area contributed by atoms with E-state index < -0.39 is 0 Å².